The van der Waals surface area contributed by atoms with Gasteiger partial charge in [0.1, 0.15) is 10.7 Å². The molecular weight excluding hydrogens is 407 g/mol. The summed E-state index contributed by atoms with van der Waals surface area (Å²) in [6, 6.07) is 8.59. The lowest BCUT2D eigenvalue weighted by Crippen LogP contribution is -2.43. The number of thiophene rings is 2. The van der Waals surface area contributed by atoms with Crippen molar-refractivity contribution in [3.05, 3.63) is 56.3 Å². The molecule has 1 atom stereocenters. The fourth-order valence-corrected chi connectivity index (χ4v) is 5.55. The summed E-state index contributed by atoms with van der Waals surface area (Å²) in [5, 5.41) is 6.15. The second-order valence-electron chi connectivity index (χ2n) is 6.28. The first-order valence-corrected chi connectivity index (χ1v) is 10.7. The number of rotatable bonds is 5. The van der Waals surface area contributed by atoms with Crippen LogP contribution in [-0.4, -0.2) is 43.7 Å². The average molecular weight is 425 g/mol. The van der Waals surface area contributed by atoms with E-state index in [2.05, 4.69) is 16.3 Å². The number of hydrogen-bond acceptors (Lipinski definition) is 5. The minimum atomic E-state index is -0.336. The standard InChI is InChI=1S/C19H18ClFN2O2S2/c20-17-13-4-3-12(21)10-16(13)27-18(17)19(24)22-11-14(15-2-1-9-26-15)23-5-7-25-8-6-23/h1-4,9-10,14H,5-8,11H2,(H,22,24). The van der Waals surface area contributed by atoms with Gasteiger partial charge in [-0.15, -0.1) is 22.7 Å². The van der Waals surface area contributed by atoms with E-state index in [1.807, 2.05) is 11.4 Å². The largest absolute Gasteiger partial charge is 0.379 e. The zero-order valence-corrected chi connectivity index (χ0v) is 16.8. The molecule has 1 N–H and O–H groups in total. The van der Waals surface area contributed by atoms with Crippen LogP contribution in [0.4, 0.5) is 4.39 Å². The van der Waals surface area contributed by atoms with Crippen molar-refractivity contribution in [2.75, 3.05) is 32.8 Å². The van der Waals surface area contributed by atoms with E-state index in [4.69, 9.17) is 16.3 Å². The van der Waals surface area contributed by atoms with Crippen molar-refractivity contribution < 1.29 is 13.9 Å². The van der Waals surface area contributed by atoms with Crippen LogP contribution in [-0.2, 0) is 4.74 Å². The van der Waals surface area contributed by atoms with Gasteiger partial charge in [-0.3, -0.25) is 9.69 Å². The van der Waals surface area contributed by atoms with E-state index in [1.165, 1.54) is 28.3 Å². The maximum Gasteiger partial charge on any atom is 0.262 e. The Morgan fingerprint density at radius 3 is 2.89 bits per heavy atom. The zero-order chi connectivity index (χ0) is 18.8. The van der Waals surface area contributed by atoms with Crippen LogP contribution < -0.4 is 5.32 Å². The lowest BCUT2D eigenvalue weighted by atomic mass is 10.2. The predicted octanol–water partition coefficient (Wildman–Crippen LogP) is 4.56. The Balaban J connectivity index is 1.52. The Hall–Kier alpha value is -1.51. The molecule has 3 heterocycles. The third-order valence-corrected chi connectivity index (χ3v) is 7.24. The summed E-state index contributed by atoms with van der Waals surface area (Å²) in [6.45, 7) is 3.55. The molecule has 1 aliphatic rings. The van der Waals surface area contributed by atoms with Crippen molar-refractivity contribution in [1.29, 1.82) is 0 Å². The molecule has 8 heteroatoms. The van der Waals surface area contributed by atoms with Gasteiger partial charge in [0.15, 0.2) is 0 Å². The summed E-state index contributed by atoms with van der Waals surface area (Å²) in [7, 11) is 0. The smallest absolute Gasteiger partial charge is 0.262 e. The number of benzene rings is 1. The van der Waals surface area contributed by atoms with Gasteiger partial charge in [0.25, 0.3) is 5.91 Å². The van der Waals surface area contributed by atoms with Crippen LogP contribution in [0.25, 0.3) is 10.1 Å². The fourth-order valence-electron chi connectivity index (χ4n) is 3.23. The lowest BCUT2D eigenvalue weighted by molar-refractivity contribution is 0.0169. The quantitative estimate of drug-likeness (QED) is 0.652. The molecule has 3 aromatic rings. The number of ether oxygens (including phenoxy) is 1. The van der Waals surface area contributed by atoms with Crippen molar-refractivity contribution in [1.82, 2.24) is 10.2 Å². The number of hydrogen-bond donors (Lipinski definition) is 1. The molecule has 142 valence electrons. The Morgan fingerprint density at radius 2 is 2.15 bits per heavy atom. The normalized spacial score (nSPS) is 16.5. The predicted molar refractivity (Wildman–Crippen MR) is 109 cm³/mol. The molecule has 0 radical (unpaired) electrons. The molecule has 1 amide bonds. The van der Waals surface area contributed by atoms with Gasteiger partial charge in [0.05, 0.1) is 24.3 Å². The van der Waals surface area contributed by atoms with Gasteiger partial charge in [-0.1, -0.05) is 17.7 Å². The number of carbonyl (C=O) groups excluding carboxylic acids is 1. The van der Waals surface area contributed by atoms with Gasteiger partial charge in [0.2, 0.25) is 0 Å². The Bertz CT molecular complexity index is 939. The molecule has 4 rings (SSSR count). The van der Waals surface area contributed by atoms with Crippen LogP contribution in [0.3, 0.4) is 0 Å². The van der Waals surface area contributed by atoms with Crippen LogP contribution in [0.15, 0.2) is 35.7 Å². The van der Waals surface area contributed by atoms with Crippen molar-refractivity contribution in [2.45, 2.75) is 6.04 Å². The highest BCUT2D eigenvalue weighted by Crippen LogP contribution is 2.35. The van der Waals surface area contributed by atoms with E-state index >= 15 is 0 Å². The van der Waals surface area contributed by atoms with Crippen LogP contribution in [0.2, 0.25) is 5.02 Å². The SMILES string of the molecule is O=C(NCC(c1cccs1)N1CCOCC1)c1sc2cc(F)ccc2c1Cl. The molecule has 2 aromatic heterocycles. The minimum Gasteiger partial charge on any atom is -0.379 e. The highest BCUT2D eigenvalue weighted by molar-refractivity contribution is 7.21. The summed E-state index contributed by atoms with van der Waals surface area (Å²) < 4.78 is 19.6. The highest BCUT2D eigenvalue weighted by atomic mass is 35.5. The third kappa shape index (κ3) is 4.02. The molecule has 27 heavy (non-hydrogen) atoms. The van der Waals surface area contributed by atoms with Gasteiger partial charge >= 0.3 is 0 Å². The van der Waals surface area contributed by atoms with E-state index in [0.717, 1.165) is 13.1 Å². The lowest BCUT2D eigenvalue weighted by Gasteiger charge is -2.34. The highest BCUT2D eigenvalue weighted by Gasteiger charge is 2.25. The monoisotopic (exact) mass is 424 g/mol. The maximum atomic E-state index is 13.4. The number of nitrogens with one attached hydrogen (secondary N) is 1. The summed E-state index contributed by atoms with van der Waals surface area (Å²) in [6.07, 6.45) is 0. The van der Waals surface area contributed by atoms with E-state index < -0.39 is 0 Å². The molecule has 1 aliphatic heterocycles. The van der Waals surface area contributed by atoms with Crippen molar-refractivity contribution in [3.63, 3.8) is 0 Å². The summed E-state index contributed by atoms with van der Waals surface area (Å²) in [4.78, 5) is 16.7. The molecule has 0 spiro atoms. The van der Waals surface area contributed by atoms with Gasteiger partial charge in [-0.2, -0.15) is 0 Å². The molecule has 1 unspecified atom stereocenters. The second kappa shape index (κ2) is 8.24. The fraction of sp³-hybridized carbons (Fsp3) is 0.316. The van der Waals surface area contributed by atoms with Gasteiger partial charge < -0.3 is 10.1 Å². The van der Waals surface area contributed by atoms with Crippen molar-refractivity contribution in [2.24, 2.45) is 0 Å². The average Bonchev–Trinajstić information content (AvgIpc) is 3.31. The molecule has 1 fully saturated rings. The summed E-state index contributed by atoms with van der Waals surface area (Å²) in [5.41, 5.74) is 0. The molecule has 4 nitrogen and oxygen atoms in total. The molecular formula is C19H18ClFN2O2S2. The Kier molecular flexibility index (Phi) is 5.75. The van der Waals surface area contributed by atoms with Crippen LogP contribution >= 0.6 is 34.3 Å². The maximum absolute atomic E-state index is 13.4. The first-order valence-electron chi connectivity index (χ1n) is 8.64. The Labute approximate surface area is 169 Å². The van der Waals surface area contributed by atoms with Crippen LogP contribution in [0.1, 0.15) is 20.6 Å². The molecule has 0 aliphatic carbocycles. The van der Waals surface area contributed by atoms with Gasteiger partial charge in [-0.25, -0.2) is 4.39 Å². The van der Waals surface area contributed by atoms with E-state index in [0.29, 0.717) is 39.7 Å². The number of morpholine rings is 1. The van der Waals surface area contributed by atoms with Crippen LogP contribution in [0, 0.1) is 5.82 Å². The number of halogens is 2. The van der Waals surface area contributed by atoms with E-state index in [-0.39, 0.29) is 17.8 Å². The number of carbonyl (C=O) groups is 1. The van der Waals surface area contributed by atoms with Crippen molar-refractivity contribution in [3.8, 4) is 0 Å². The molecule has 1 aromatic carbocycles. The number of fused-ring (bicyclic) bond motifs is 1. The van der Waals surface area contributed by atoms with E-state index in [1.54, 1.807) is 17.4 Å². The molecule has 0 saturated carbocycles. The Morgan fingerprint density at radius 1 is 1.33 bits per heavy atom. The summed E-state index contributed by atoms with van der Waals surface area (Å²) in [5.74, 6) is -0.561. The molecule has 1 saturated heterocycles. The number of nitrogens with zero attached hydrogens (tertiary/aromatic N) is 1. The van der Waals surface area contributed by atoms with Gasteiger partial charge in [-0.05, 0) is 29.6 Å². The minimum absolute atomic E-state index is 0.100. The van der Waals surface area contributed by atoms with Crippen LogP contribution in [0.5, 0.6) is 0 Å². The second-order valence-corrected chi connectivity index (χ2v) is 8.68. The topological polar surface area (TPSA) is 41.6 Å². The van der Waals surface area contributed by atoms with Crippen molar-refractivity contribution >= 4 is 50.3 Å². The third-order valence-electron chi connectivity index (χ3n) is 4.61. The first-order chi connectivity index (χ1) is 13.1. The zero-order valence-electron chi connectivity index (χ0n) is 14.4. The first kappa shape index (κ1) is 18.8. The molecule has 0 bridgehead atoms. The summed E-state index contributed by atoms with van der Waals surface area (Å²) >= 11 is 9.27. The van der Waals surface area contributed by atoms with E-state index in [9.17, 15) is 9.18 Å². The van der Waals surface area contributed by atoms with Gasteiger partial charge in [0, 0.05) is 34.6 Å². The number of amides is 1.